The lowest BCUT2D eigenvalue weighted by molar-refractivity contribution is 0.899. The molecule has 86 valence electrons. The molecule has 0 atom stereocenters. The molecule has 2 aliphatic rings. The van der Waals surface area contributed by atoms with E-state index in [4.69, 9.17) is 0 Å². The van der Waals surface area contributed by atoms with E-state index in [2.05, 4.69) is 36.9 Å². The van der Waals surface area contributed by atoms with Gasteiger partial charge in [0.05, 0.1) is 0 Å². The zero-order valence-corrected chi connectivity index (χ0v) is 10.2. The molecule has 0 amide bonds. The SMILES string of the molecule is C=CCc1cc2c(c3c1C=CCC3)CCC=C2. The van der Waals surface area contributed by atoms with Crippen LogP contribution in [0.25, 0.3) is 12.2 Å². The highest BCUT2D eigenvalue weighted by atomic mass is 14.2. The van der Waals surface area contributed by atoms with E-state index >= 15 is 0 Å². The molecule has 0 heterocycles. The fourth-order valence-electron chi connectivity index (χ4n) is 3.01. The zero-order valence-electron chi connectivity index (χ0n) is 10.2. The van der Waals surface area contributed by atoms with Crippen molar-refractivity contribution in [2.75, 3.05) is 0 Å². The Morgan fingerprint density at radius 3 is 2.65 bits per heavy atom. The minimum absolute atomic E-state index is 0.980. The smallest absolute Gasteiger partial charge is 0.00939 e. The summed E-state index contributed by atoms with van der Waals surface area (Å²) in [6.45, 7) is 3.87. The minimum Gasteiger partial charge on any atom is -0.103 e. The highest BCUT2D eigenvalue weighted by Gasteiger charge is 2.17. The van der Waals surface area contributed by atoms with Gasteiger partial charge in [0.1, 0.15) is 0 Å². The van der Waals surface area contributed by atoms with Gasteiger partial charge in [0.25, 0.3) is 0 Å². The van der Waals surface area contributed by atoms with Crippen LogP contribution in [-0.2, 0) is 19.3 Å². The fourth-order valence-corrected chi connectivity index (χ4v) is 3.01. The van der Waals surface area contributed by atoms with Crippen molar-refractivity contribution in [1.82, 2.24) is 0 Å². The number of hydrogen-bond acceptors (Lipinski definition) is 0. The van der Waals surface area contributed by atoms with Crippen LogP contribution in [0.3, 0.4) is 0 Å². The molecule has 0 unspecified atom stereocenters. The van der Waals surface area contributed by atoms with Crippen molar-refractivity contribution < 1.29 is 0 Å². The van der Waals surface area contributed by atoms with Crippen molar-refractivity contribution in [3.05, 3.63) is 58.7 Å². The van der Waals surface area contributed by atoms with Gasteiger partial charge in [-0.3, -0.25) is 0 Å². The zero-order chi connectivity index (χ0) is 11.7. The summed E-state index contributed by atoms with van der Waals surface area (Å²) in [5.74, 6) is 0. The predicted octanol–water partition coefficient (Wildman–Crippen LogP) is 4.33. The summed E-state index contributed by atoms with van der Waals surface area (Å²) in [4.78, 5) is 0. The first-order valence-corrected chi connectivity index (χ1v) is 6.52. The first-order valence-electron chi connectivity index (χ1n) is 6.52. The first-order chi connectivity index (χ1) is 8.40. The van der Waals surface area contributed by atoms with Gasteiger partial charge >= 0.3 is 0 Å². The van der Waals surface area contributed by atoms with Crippen LogP contribution in [-0.4, -0.2) is 0 Å². The van der Waals surface area contributed by atoms with E-state index in [0.717, 1.165) is 6.42 Å². The van der Waals surface area contributed by atoms with Crippen molar-refractivity contribution in [2.24, 2.45) is 0 Å². The summed E-state index contributed by atoms with van der Waals surface area (Å²) in [6, 6.07) is 2.36. The number of benzene rings is 1. The molecule has 0 N–H and O–H groups in total. The molecule has 0 saturated heterocycles. The Morgan fingerprint density at radius 1 is 1.06 bits per heavy atom. The van der Waals surface area contributed by atoms with Crippen LogP contribution in [0, 0.1) is 0 Å². The minimum atomic E-state index is 0.980. The van der Waals surface area contributed by atoms with Crippen LogP contribution >= 0.6 is 0 Å². The maximum absolute atomic E-state index is 3.87. The number of allylic oxidation sites excluding steroid dienone is 3. The highest BCUT2D eigenvalue weighted by Crippen LogP contribution is 2.33. The molecule has 2 aliphatic carbocycles. The average Bonchev–Trinajstić information content (AvgIpc) is 2.39. The fraction of sp³-hybridized carbons (Fsp3) is 0.294. The molecule has 3 rings (SSSR count). The summed E-state index contributed by atoms with van der Waals surface area (Å²) in [5.41, 5.74) is 7.56. The Bertz CT molecular complexity index is 515. The Labute approximate surface area is 103 Å². The van der Waals surface area contributed by atoms with Crippen molar-refractivity contribution in [1.29, 1.82) is 0 Å². The van der Waals surface area contributed by atoms with Gasteiger partial charge in [0, 0.05) is 0 Å². The highest BCUT2D eigenvalue weighted by molar-refractivity contribution is 5.69. The third kappa shape index (κ3) is 1.78. The summed E-state index contributed by atoms with van der Waals surface area (Å²) in [7, 11) is 0. The molecule has 0 aromatic heterocycles. The summed E-state index contributed by atoms with van der Waals surface area (Å²) < 4.78 is 0. The monoisotopic (exact) mass is 222 g/mol. The molecule has 0 spiro atoms. The van der Waals surface area contributed by atoms with Gasteiger partial charge in [-0.05, 0) is 59.9 Å². The number of rotatable bonds is 2. The lowest BCUT2D eigenvalue weighted by atomic mass is 9.82. The molecule has 1 aromatic rings. The summed E-state index contributed by atoms with van der Waals surface area (Å²) in [6.07, 6.45) is 17.0. The molecule has 0 saturated carbocycles. The number of fused-ring (bicyclic) bond motifs is 3. The van der Waals surface area contributed by atoms with Crippen LogP contribution in [0.2, 0.25) is 0 Å². The maximum Gasteiger partial charge on any atom is -0.00939 e. The van der Waals surface area contributed by atoms with Gasteiger partial charge in [-0.1, -0.05) is 36.4 Å². The van der Waals surface area contributed by atoms with Crippen molar-refractivity contribution in [2.45, 2.75) is 32.1 Å². The molecule has 0 nitrogen and oxygen atoms in total. The standard InChI is InChI=1S/C17H18/c1-2-7-13-12-14-8-3-4-9-16(14)17-11-6-5-10-15(13)17/h2-3,5,8,10,12H,1,4,6-7,9,11H2. The molecule has 0 heteroatoms. The second-order valence-electron chi connectivity index (χ2n) is 4.87. The van der Waals surface area contributed by atoms with Crippen LogP contribution in [0.1, 0.15) is 40.7 Å². The van der Waals surface area contributed by atoms with Crippen molar-refractivity contribution >= 4 is 12.2 Å². The second kappa shape index (κ2) is 4.37. The summed E-state index contributed by atoms with van der Waals surface area (Å²) in [5, 5.41) is 0. The quantitative estimate of drug-likeness (QED) is 0.653. The largest absolute Gasteiger partial charge is 0.103 e. The molecule has 0 bridgehead atoms. The Hall–Kier alpha value is -1.56. The van der Waals surface area contributed by atoms with Crippen LogP contribution in [0.15, 0.2) is 30.9 Å². The van der Waals surface area contributed by atoms with E-state index in [0.29, 0.717) is 0 Å². The normalized spacial score (nSPS) is 16.5. The van der Waals surface area contributed by atoms with E-state index in [1.165, 1.54) is 42.4 Å². The van der Waals surface area contributed by atoms with Crippen LogP contribution in [0.5, 0.6) is 0 Å². The molecule has 0 radical (unpaired) electrons. The van der Waals surface area contributed by atoms with Crippen molar-refractivity contribution in [3.63, 3.8) is 0 Å². The predicted molar refractivity (Wildman–Crippen MR) is 75.1 cm³/mol. The summed E-state index contributed by atoms with van der Waals surface area (Å²) >= 11 is 0. The lowest BCUT2D eigenvalue weighted by Gasteiger charge is -2.23. The van der Waals surface area contributed by atoms with Gasteiger partial charge < -0.3 is 0 Å². The Balaban J connectivity index is 2.23. The number of hydrogen-bond donors (Lipinski definition) is 0. The second-order valence-corrected chi connectivity index (χ2v) is 4.87. The van der Waals surface area contributed by atoms with Crippen molar-refractivity contribution in [3.8, 4) is 0 Å². The molecule has 0 fully saturated rings. The first kappa shape index (κ1) is 10.6. The lowest BCUT2D eigenvalue weighted by Crippen LogP contribution is -2.08. The van der Waals surface area contributed by atoms with Crippen LogP contribution < -0.4 is 0 Å². The van der Waals surface area contributed by atoms with E-state index in [1.807, 2.05) is 6.08 Å². The topological polar surface area (TPSA) is 0 Å². The van der Waals surface area contributed by atoms with Gasteiger partial charge in [0.2, 0.25) is 0 Å². The van der Waals surface area contributed by atoms with Gasteiger partial charge in [-0.15, -0.1) is 6.58 Å². The molecular formula is C17H18. The molecule has 0 aliphatic heterocycles. The third-order valence-electron chi connectivity index (χ3n) is 3.78. The Morgan fingerprint density at radius 2 is 1.82 bits per heavy atom. The molecular weight excluding hydrogens is 204 g/mol. The van der Waals surface area contributed by atoms with E-state index in [9.17, 15) is 0 Å². The van der Waals surface area contributed by atoms with Gasteiger partial charge in [-0.2, -0.15) is 0 Å². The molecule has 17 heavy (non-hydrogen) atoms. The van der Waals surface area contributed by atoms with E-state index in [1.54, 1.807) is 11.1 Å². The van der Waals surface area contributed by atoms with Crippen LogP contribution in [0.4, 0.5) is 0 Å². The van der Waals surface area contributed by atoms with Gasteiger partial charge in [-0.25, -0.2) is 0 Å². The average molecular weight is 222 g/mol. The van der Waals surface area contributed by atoms with E-state index in [-0.39, 0.29) is 0 Å². The Kier molecular flexibility index (Phi) is 2.72. The van der Waals surface area contributed by atoms with E-state index < -0.39 is 0 Å². The third-order valence-corrected chi connectivity index (χ3v) is 3.78. The maximum atomic E-state index is 3.87. The molecule has 1 aromatic carbocycles. The van der Waals surface area contributed by atoms with Gasteiger partial charge in [0.15, 0.2) is 0 Å².